The van der Waals surface area contributed by atoms with Crippen LogP contribution in [0.3, 0.4) is 0 Å². The summed E-state index contributed by atoms with van der Waals surface area (Å²) in [6.45, 7) is 4.09. The third kappa shape index (κ3) is 3.09. The van der Waals surface area contributed by atoms with Gasteiger partial charge in [0, 0.05) is 11.6 Å². The molecule has 18 heavy (non-hydrogen) atoms. The molecule has 1 aromatic carbocycles. The van der Waals surface area contributed by atoms with Crippen molar-refractivity contribution < 1.29 is 14.6 Å². The number of hydrogen-bond donors (Lipinski definition) is 1. The van der Waals surface area contributed by atoms with E-state index in [1.165, 1.54) is 12.8 Å². The molecule has 1 aromatic rings. The lowest BCUT2D eigenvalue weighted by Gasteiger charge is -2.21. The van der Waals surface area contributed by atoms with E-state index in [1.807, 2.05) is 0 Å². The molecule has 4 heteroatoms. The van der Waals surface area contributed by atoms with Crippen molar-refractivity contribution in [1.29, 1.82) is 0 Å². The molecule has 0 heterocycles. The summed E-state index contributed by atoms with van der Waals surface area (Å²) in [4.78, 5) is 0. The third-order valence-corrected chi connectivity index (χ3v) is 3.40. The zero-order chi connectivity index (χ0) is 13.3. The standard InChI is InChI=1S/C14H19ClO3/c1-14(2,16)10-6-12(17-3)13(7-11(10)15)18-8-9-4-5-9/h6-7,9,16H,4-5,8H2,1-3H3. The Morgan fingerprint density at radius 3 is 2.50 bits per heavy atom. The van der Waals surface area contributed by atoms with Crippen molar-refractivity contribution in [2.75, 3.05) is 13.7 Å². The molecule has 0 saturated heterocycles. The normalized spacial score (nSPS) is 15.6. The van der Waals surface area contributed by atoms with E-state index in [1.54, 1.807) is 33.1 Å². The van der Waals surface area contributed by atoms with Crippen LogP contribution in [-0.2, 0) is 5.60 Å². The van der Waals surface area contributed by atoms with Crippen molar-refractivity contribution in [1.82, 2.24) is 0 Å². The smallest absolute Gasteiger partial charge is 0.162 e. The second kappa shape index (κ2) is 4.98. The topological polar surface area (TPSA) is 38.7 Å². The number of ether oxygens (including phenoxy) is 2. The molecular weight excluding hydrogens is 252 g/mol. The first kappa shape index (κ1) is 13.5. The molecule has 0 atom stereocenters. The predicted molar refractivity (Wildman–Crippen MR) is 71.5 cm³/mol. The highest BCUT2D eigenvalue weighted by Gasteiger charge is 2.25. The number of aliphatic hydroxyl groups is 1. The second-order valence-corrected chi connectivity index (χ2v) is 5.70. The zero-order valence-corrected chi connectivity index (χ0v) is 11.8. The van der Waals surface area contributed by atoms with Crippen molar-refractivity contribution >= 4 is 11.6 Å². The molecule has 1 fully saturated rings. The summed E-state index contributed by atoms with van der Waals surface area (Å²) in [5.74, 6) is 1.92. The van der Waals surface area contributed by atoms with Crippen LogP contribution in [0.2, 0.25) is 5.02 Å². The Morgan fingerprint density at radius 2 is 2.00 bits per heavy atom. The molecule has 3 nitrogen and oxygen atoms in total. The van der Waals surface area contributed by atoms with Gasteiger partial charge in [0.25, 0.3) is 0 Å². The second-order valence-electron chi connectivity index (χ2n) is 5.30. The molecule has 2 rings (SSSR count). The maximum atomic E-state index is 10.0. The van der Waals surface area contributed by atoms with E-state index in [4.69, 9.17) is 21.1 Å². The number of hydrogen-bond acceptors (Lipinski definition) is 3. The van der Waals surface area contributed by atoms with E-state index < -0.39 is 5.60 Å². The lowest BCUT2D eigenvalue weighted by Crippen LogP contribution is -2.16. The van der Waals surface area contributed by atoms with Crippen molar-refractivity contribution in [2.24, 2.45) is 5.92 Å². The fraction of sp³-hybridized carbons (Fsp3) is 0.571. The molecule has 1 aliphatic rings. The summed E-state index contributed by atoms with van der Waals surface area (Å²) in [7, 11) is 1.58. The fourth-order valence-corrected chi connectivity index (χ4v) is 2.15. The Morgan fingerprint density at radius 1 is 1.33 bits per heavy atom. The highest BCUT2D eigenvalue weighted by Crippen LogP contribution is 2.39. The molecular formula is C14H19ClO3. The van der Waals surface area contributed by atoms with Crippen molar-refractivity contribution in [2.45, 2.75) is 32.3 Å². The van der Waals surface area contributed by atoms with Crippen molar-refractivity contribution in [3.05, 3.63) is 22.7 Å². The highest BCUT2D eigenvalue weighted by molar-refractivity contribution is 6.31. The quantitative estimate of drug-likeness (QED) is 0.892. The molecule has 0 amide bonds. The minimum atomic E-state index is -1.00. The van der Waals surface area contributed by atoms with Crippen LogP contribution < -0.4 is 9.47 Å². The molecule has 0 bridgehead atoms. The largest absolute Gasteiger partial charge is 0.493 e. The SMILES string of the molecule is COc1cc(C(C)(C)O)c(Cl)cc1OCC1CC1. The van der Waals surface area contributed by atoms with Crippen molar-refractivity contribution in [3.8, 4) is 11.5 Å². The van der Waals surface area contributed by atoms with E-state index in [-0.39, 0.29) is 0 Å². The van der Waals surface area contributed by atoms with Gasteiger partial charge in [0.15, 0.2) is 11.5 Å². The van der Waals surface area contributed by atoms with Crippen LogP contribution >= 0.6 is 11.6 Å². The van der Waals surface area contributed by atoms with Gasteiger partial charge in [0.2, 0.25) is 0 Å². The minimum absolute atomic E-state index is 0.495. The van der Waals surface area contributed by atoms with Crippen LogP contribution in [0.15, 0.2) is 12.1 Å². The number of rotatable bonds is 5. The van der Waals surface area contributed by atoms with Gasteiger partial charge in [0.05, 0.1) is 24.3 Å². The van der Waals surface area contributed by atoms with Gasteiger partial charge < -0.3 is 14.6 Å². The predicted octanol–water partition coefficient (Wildman–Crippen LogP) is 3.36. The first-order valence-electron chi connectivity index (χ1n) is 6.15. The summed E-state index contributed by atoms with van der Waals surface area (Å²) in [6.07, 6.45) is 2.47. The van der Waals surface area contributed by atoms with Gasteiger partial charge in [0.1, 0.15) is 0 Å². The van der Waals surface area contributed by atoms with Crippen LogP contribution in [0.1, 0.15) is 32.3 Å². The summed E-state index contributed by atoms with van der Waals surface area (Å²) in [5, 5.41) is 10.5. The molecule has 1 aliphatic carbocycles. The Labute approximate surface area is 113 Å². The molecule has 0 radical (unpaired) electrons. The summed E-state index contributed by atoms with van der Waals surface area (Å²) >= 11 is 6.18. The monoisotopic (exact) mass is 270 g/mol. The Kier molecular flexibility index (Phi) is 3.74. The van der Waals surface area contributed by atoms with Gasteiger partial charge in [-0.15, -0.1) is 0 Å². The van der Waals surface area contributed by atoms with Gasteiger partial charge in [-0.2, -0.15) is 0 Å². The molecule has 0 aromatic heterocycles. The van der Waals surface area contributed by atoms with E-state index in [9.17, 15) is 5.11 Å². The number of halogens is 1. The summed E-state index contributed by atoms with van der Waals surface area (Å²) < 4.78 is 11.0. The molecule has 0 aliphatic heterocycles. The Hall–Kier alpha value is -0.930. The molecule has 1 N–H and O–H groups in total. The summed E-state index contributed by atoms with van der Waals surface area (Å²) in [5.41, 5.74) is -0.362. The van der Waals surface area contributed by atoms with Crippen LogP contribution in [-0.4, -0.2) is 18.8 Å². The first-order chi connectivity index (χ1) is 8.41. The van der Waals surface area contributed by atoms with Gasteiger partial charge in [-0.25, -0.2) is 0 Å². The van der Waals surface area contributed by atoms with Crippen LogP contribution in [0, 0.1) is 5.92 Å². The minimum Gasteiger partial charge on any atom is -0.493 e. The highest BCUT2D eigenvalue weighted by atomic mass is 35.5. The average molecular weight is 271 g/mol. The Bertz CT molecular complexity index is 433. The van der Waals surface area contributed by atoms with E-state index in [2.05, 4.69) is 0 Å². The molecule has 0 spiro atoms. The maximum Gasteiger partial charge on any atom is 0.162 e. The molecule has 1 saturated carbocycles. The number of benzene rings is 1. The van der Waals surface area contributed by atoms with Crippen LogP contribution in [0.4, 0.5) is 0 Å². The lowest BCUT2D eigenvalue weighted by molar-refractivity contribution is 0.0783. The fourth-order valence-electron chi connectivity index (χ4n) is 1.77. The Balaban J connectivity index is 2.26. The molecule has 0 unspecified atom stereocenters. The number of methoxy groups -OCH3 is 1. The van der Waals surface area contributed by atoms with E-state index in [0.29, 0.717) is 34.6 Å². The van der Waals surface area contributed by atoms with Gasteiger partial charge in [-0.05, 0) is 38.7 Å². The van der Waals surface area contributed by atoms with Crippen LogP contribution in [0.25, 0.3) is 0 Å². The van der Waals surface area contributed by atoms with E-state index in [0.717, 1.165) is 0 Å². The first-order valence-corrected chi connectivity index (χ1v) is 6.53. The third-order valence-electron chi connectivity index (χ3n) is 3.08. The average Bonchev–Trinajstić information content (AvgIpc) is 3.08. The van der Waals surface area contributed by atoms with Gasteiger partial charge in [-0.1, -0.05) is 11.6 Å². The van der Waals surface area contributed by atoms with Gasteiger partial charge in [-0.3, -0.25) is 0 Å². The maximum absolute atomic E-state index is 10.0. The lowest BCUT2D eigenvalue weighted by atomic mass is 9.98. The molecule has 100 valence electrons. The van der Waals surface area contributed by atoms with Crippen LogP contribution in [0.5, 0.6) is 11.5 Å². The van der Waals surface area contributed by atoms with Gasteiger partial charge >= 0.3 is 0 Å². The van der Waals surface area contributed by atoms with E-state index >= 15 is 0 Å². The summed E-state index contributed by atoms with van der Waals surface area (Å²) in [6, 6.07) is 3.46. The van der Waals surface area contributed by atoms with Crippen molar-refractivity contribution in [3.63, 3.8) is 0 Å². The zero-order valence-electron chi connectivity index (χ0n) is 11.0.